The fourth-order valence-electron chi connectivity index (χ4n) is 6.54. The van der Waals surface area contributed by atoms with E-state index in [9.17, 15) is 0 Å². The van der Waals surface area contributed by atoms with Crippen LogP contribution in [0, 0.1) is 50.0 Å². The monoisotopic (exact) mass is 204 g/mol. The van der Waals surface area contributed by atoms with Gasteiger partial charge in [0, 0.05) is 0 Å². The topological polar surface area (TPSA) is 17.4 Å². The fourth-order valence-corrected chi connectivity index (χ4v) is 6.54. The molecular formula is C12H4N4. The molecule has 0 saturated heterocycles. The molecular weight excluding hydrogens is 200 g/mol. The van der Waals surface area contributed by atoms with Gasteiger partial charge in [0.05, 0.1) is 5.92 Å². The second-order valence-electron chi connectivity index (χ2n) is 5.67. The van der Waals surface area contributed by atoms with Gasteiger partial charge in [-0.05, 0) is 0 Å². The molecule has 0 bridgehead atoms. The molecule has 0 spiro atoms. The second kappa shape index (κ2) is 1.29. The van der Waals surface area contributed by atoms with Gasteiger partial charge in [-0.2, -0.15) is 0 Å². The van der Waals surface area contributed by atoms with Crippen molar-refractivity contribution >= 4 is 0 Å². The summed E-state index contributed by atoms with van der Waals surface area (Å²) in [5.74, 6) is 0.409. The van der Waals surface area contributed by atoms with Crippen LogP contribution >= 0.6 is 0 Å². The third-order valence-corrected chi connectivity index (χ3v) is 6.45. The van der Waals surface area contributed by atoms with Crippen LogP contribution in [0.25, 0.3) is 19.4 Å². The van der Waals surface area contributed by atoms with Crippen LogP contribution in [-0.4, -0.2) is 22.2 Å². The van der Waals surface area contributed by atoms with Gasteiger partial charge in [-0.1, -0.05) is 0 Å². The summed E-state index contributed by atoms with van der Waals surface area (Å²) >= 11 is 0. The molecule has 0 aromatic carbocycles. The van der Waals surface area contributed by atoms with E-state index in [4.69, 9.17) is 26.3 Å². The van der Waals surface area contributed by atoms with Crippen molar-refractivity contribution in [2.45, 2.75) is 22.2 Å². The summed E-state index contributed by atoms with van der Waals surface area (Å²) < 4.78 is 0. The van der Waals surface area contributed by atoms with Crippen molar-refractivity contribution in [3.8, 4) is 0 Å². The minimum Gasteiger partial charge on any atom is -0.308 e. The summed E-state index contributed by atoms with van der Waals surface area (Å²) in [5.41, 5.74) is -2.27. The Morgan fingerprint density at radius 2 is 1.31 bits per heavy atom. The largest absolute Gasteiger partial charge is 0.390 e. The Morgan fingerprint density at radius 3 is 1.69 bits per heavy atom. The molecule has 4 atom stereocenters. The SMILES string of the molecule is [C-]#[N+]C12C3C4C1C1([N+]#[C-])C2C3([N+]#[C-])C41[N+]#[C-]. The molecule has 0 amide bonds. The van der Waals surface area contributed by atoms with Gasteiger partial charge in [-0.15, -0.1) is 0 Å². The number of nitrogens with zero attached hydrogens (tertiary/aromatic N) is 4. The van der Waals surface area contributed by atoms with Crippen molar-refractivity contribution < 1.29 is 0 Å². The van der Waals surface area contributed by atoms with Crippen LogP contribution in [0.3, 0.4) is 0 Å². The lowest BCUT2D eigenvalue weighted by molar-refractivity contribution is -0.547. The maximum Gasteiger partial charge on any atom is 0.390 e. The fraction of sp³-hybridized carbons (Fsp3) is 0.667. The first-order chi connectivity index (χ1) is 7.72. The zero-order valence-corrected chi connectivity index (χ0v) is 8.10. The first kappa shape index (κ1) is 7.27. The van der Waals surface area contributed by atoms with Crippen LogP contribution in [0.5, 0.6) is 0 Å². The maximum atomic E-state index is 7.36. The van der Waals surface area contributed by atoms with E-state index in [-0.39, 0.29) is 29.2 Å². The Balaban J connectivity index is 1.84. The van der Waals surface area contributed by atoms with Crippen molar-refractivity contribution in [1.82, 2.24) is 0 Å². The molecule has 0 aliphatic heterocycles. The van der Waals surface area contributed by atoms with E-state index in [1.807, 2.05) is 0 Å². The highest BCUT2D eigenvalue weighted by Crippen LogP contribution is 3.09. The van der Waals surface area contributed by atoms with E-state index in [0.717, 1.165) is 0 Å². The zero-order chi connectivity index (χ0) is 11.1. The minimum absolute atomic E-state index is 0.0888. The highest BCUT2D eigenvalue weighted by Gasteiger charge is 3.41. The van der Waals surface area contributed by atoms with Gasteiger partial charge >= 0.3 is 16.6 Å². The van der Waals surface area contributed by atoms with E-state index < -0.39 is 16.6 Å². The quantitative estimate of drug-likeness (QED) is 0.527. The van der Waals surface area contributed by atoms with Crippen molar-refractivity contribution in [2.24, 2.45) is 23.7 Å². The smallest absolute Gasteiger partial charge is 0.308 e. The van der Waals surface area contributed by atoms with Gasteiger partial charge in [0.2, 0.25) is 5.92 Å². The molecule has 4 unspecified atom stereocenters. The molecule has 0 aromatic rings. The average molecular weight is 204 g/mol. The second-order valence-corrected chi connectivity index (χ2v) is 5.67. The first-order valence-corrected chi connectivity index (χ1v) is 5.26. The van der Waals surface area contributed by atoms with Gasteiger partial charge in [0.25, 0.3) is 5.54 Å². The summed E-state index contributed by atoms with van der Waals surface area (Å²) in [5, 5.41) is 0. The summed E-state index contributed by atoms with van der Waals surface area (Å²) in [7, 11) is 0. The van der Waals surface area contributed by atoms with Crippen molar-refractivity contribution in [2.75, 3.05) is 0 Å². The van der Waals surface area contributed by atoms with E-state index in [1.54, 1.807) is 0 Å². The molecule has 6 fully saturated rings. The van der Waals surface area contributed by atoms with Crippen LogP contribution in [0.1, 0.15) is 0 Å². The van der Waals surface area contributed by atoms with Gasteiger partial charge in [-0.3, -0.25) is 14.5 Å². The standard InChI is InChI=1S/C12H4N4/c1-13-9-6-5-7(9)11(15-3)8(9)10(6,14-2)12(5,11)16-4/h5-8H. The van der Waals surface area contributed by atoms with E-state index in [1.165, 1.54) is 0 Å². The van der Waals surface area contributed by atoms with Gasteiger partial charge in [0.1, 0.15) is 11.8 Å². The molecule has 6 saturated carbocycles. The molecule has 6 aliphatic carbocycles. The van der Waals surface area contributed by atoms with Gasteiger partial charge in [-0.25, -0.2) is 26.3 Å². The molecule has 0 heterocycles. The Hall–Kier alpha value is -2.04. The lowest BCUT2D eigenvalue weighted by atomic mass is 8.91. The van der Waals surface area contributed by atoms with Crippen LogP contribution < -0.4 is 0 Å². The van der Waals surface area contributed by atoms with E-state index in [2.05, 4.69) is 19.4 Å². The number of rotatable bonds is 0. The molecule has 4 nitrogen and oxygen atoms in total. The average Bonchev–Trinajstić information content (AvgIpc) is 2.35. The number of hydrogen-bond donors (Lipinski definition) is 0. The normalized spacial score (nSPS) is 76.2. The first-order valence-electron chi connectivity index (χ1n) is 5.26. The summed E-state index contributed by atoms with van der Waals surface area (Å²) in [6, 6.07) is 0. The molecule has 0 radical (unpaired) electrons. The molecule has 0 aromatic heterocycles. The predicted molar refractivity (Wildman–Crippen MR) is 51.3 cm³/mol. The predicted octanol–water partition coefficient (Wildman–Crippen LogP) is 1.15. The number of hydrogen-bond acceptors (Lipinski definition) is 0. The third-order valence-electron chi connectivity index (χ3n) is 6.45. The van der Waals surface area contributed by atoms with E-state index >= 15 is 0 Å². The lowest BCUT2D eigenvalue weighted by Crippen LogP contribution is -3.26. The van der Waals surface area contributed by atoms with E-state index in [0.29, 0.717) is 0 Å². The van der Waals surface area contributed by atoms with Crippen molar-refractivity contribution in [1.29, 1.82) is 0 Å². The van der Waals surface area contributed by atoms with Crippen LogP contribution in [0.4, 0.5) is 0 Å². The Bertz CT molecular complexity index is 642. The third kappa shape index (κ3) is 0.204. The summed E-state index contributed by atoms with van der Waals surface area (Å²) in [6.45, 7) is 29.4. The van der Waals surface area contributed by atoms with Gasteiger partial charge < -0.3 is 4.85 Å². The Morgan fingerprint density at radius 1 is 0.750 bits per heavy atom. The zero-order valence-electron chi connectivity index (χ0n) is 8.10. The highest BCUT2D eigenvalue weighted by molar-refractivity contribution is 5.84. The minimum atomic E-state index is -0.685. The summed E-state index contributed by atoms with van der Waals surface area (Å²) in [4.78, 5) is 14.8. The van der Waals surface area contributed by atoms with Crippen LogP contribution in [0.15, 0.2) is 0 Å². The molecule has 6 rings (SSSR count). The molecule has 4 heteroatoms. The molecule has 16 heavy (non-hydrogen) atoms. The Kier molecular flexibility index (Phi) is 0.584. The van der Waals surface area contributed by atoms with Crippen molar-refractivity contribution in [3.05, 3.63) is 45.7 Å². The van der Waals surface area contributed by atoms with Crippen molar-refractivity contribution in [3.63, 3.8) is 0 Å². The van der Waals surface area contributed by atoms with Crippen LogP contribution in [0.2, 0.25) is 0 Å². The lowest BCUT2D eigenvalue weighted by Gasteiger charge is -2.96. The molecule has 6 aliphatic rings. The maximum absolute atomic E-state index is 7.36. The molecule has 0 N–H and O–H groups in total. The van der Waals surface area contributed by atoms with Crippen LogP contribution in [-0.2, 0) is 0 Å². The highest BCUT2D eigenvalue weighted by atomic mass is 15.4. The Labute approximate surface area is 92.1 Å². The molecule has 72 valence electrons. The van der Waals surface area contributed by atoms with Gasteiger partial charge in [0.15, 0.2) is 0 Å². The summed E-state index contributed by atoms with van der Waals surface area (Å²) in [6.07, 6.45) is 0.